The monoisotopic (exact) mass is 480 g/mol. The fourth-order valence-electron chi connectivity index (χ4n) is 5.25. The van der Waals surface area contributed by atoms with Crippen molar-refractivity contribution >= 4 is 35.1 Å². The third-order valence-electron chi connectivity index (χ3n) is 7.19. The second-order valence-corrected chi connectivity index (χ2v) is 9.71. The predicted octanol–water partition coefficient (Wildman–Crippen LogP) is 3.97. The fourth-order valence-corrected chi connectivity index (χ4v) is 5.40. The Morgan fingerprint density at radius 2 is 1.68 bits per heavy atom. The minimum absolute atomic E-state index is 0.0195. The van der Waals surface area contributed by atoms with Crippen molar-refractivity contribution in [2.75, 3.05) is 19.6 Å². The third-order valence-corrected chi connectivity index (χ3v) is 7.77. The number of Topliss-reactive ketones (excluding diaryl/α,β-unsaturated/α-hetero) is 1. The number of piperidine rings is 1. The number of amides is 3. The van der Waals surface area contributed by atoms with E-state index in [9.17, 15) is 19.2 Å². The zero-order chi connectivity index (χ0) is 24.2. The molecule has 176 valence electrons. The zero-order valence-corrected chi connectivity index (χ0v) is 19.9. The van der Waals surface area contributed by atoms with Crippen LogP contribution in [0.2, 0.25) is 5.02 Å². The average molecular weight is 481 g/mol. The van der Waals surface area contributed by atoms with Gasteiger partial charge in [0.05, 0.1) is 23.1 Å². The lowest BCUT2D eigenvalue weighted by molar-refractivity contribution is -0.134. The molecule has 7 nitrogen and oxygen atoms in total. The lowest BCUT2D eigenvalue weighted by atomic mass is 9.81. The van der Waals surface area contributed by atoms with Crippen molar-refractivity contribution < 1.29 is 23.9 Å². The highest BCUT2D eigenvalue weighted by molar-refractivity contribution is 6.32. The number of ketones is 1. The van der Waals surface area contributed by atoms with Gasteiger partial charge in [-0.3, -0.25) is 24.1 Å². The van der Waals surface area contributed by atoms with Crippen LogP contribution >= 0.6 is 11.6 Å². The first-order valence-electron chi connectivity index (χ1n) is 11.5. The van der Waals surface area contributed by atoms with E-state index in [1.54, 1.807) is 29.2 Å². The molecule has 5 rings (SSSR count). The Hall–Kier alpha value is -3.19. The van der Waals surface area contributed by atoms with E-state index in [0.29, 0.717) is 53.4 Å². The third kappa shape index (κ3) is 3.59. The van der Waals surface area contributed by atoms with Gasteiger partial charge >= 0.3 is 0 Å². The number of nitrogens with zero attached hydrogens (tertiary/aromatic N) is 2. The Labute approximate surface area is 202 Å². The topological polar surface area (TPSA) is 84.0 Å². The molecule has 3 heterocycles. The van der Waals surface area contributed by atoms with E-state index >= 15 is 0 Å². The molecule has 2 aromatic carbocycles. The molecule has 0 bridgehead atoms. The van der Waals surface area contributed by atoms with Gasteiger partial charge in [0.25, 0.3) is 11.8 Å². The highest BCUT2D eigenvalue weighted by Gasteiger charge is 2.44. The van der Waals surface area contributed by atoms with Crippen LogP contribution in [-0.4, -0.2) is 58.5 Å². The summed E-state index contributed by atoms with van der Waals surface area (Å²) in [6, 6.07) is 8.51. The van der Waals surface area contributed by atoms with E-state index in [0.717, 1.165) is 16.0 Å². The van der Waals surface area contributed by atoms with Gasteiger partial charge in [-0.15, -0.1) is 0 Å². The number of carbonyl (C=O) groups is 4. The van der Waals surface area contributed by atoms with E-state index in [4.69, 9.17) is 16.3 Å². The fraction of sp³-hybridized carbons (Fsp3) is 0.385. The van der Waals surface area contributed by atoms with E-state index in [1.807, 2.05) is 19.9 Å². The molecule has 34 heavy (non-hydrogen) atoms. The van der Waals surface area contributed by atoms with Gasteiger partial charge in [-0.2, -0.15) is 0 Å². The van der Waals surface area contributed by atoms with Crippen LogP contribution in [0.5, 0.6) is 5.75 Å². The Morgan fingerprint density at radius 1 is 1.06 bits per heavy atom. The first-order valence-corrected chi connectivity index (χ1v) is 11.8. The highest BCUT2D eigenvalue weighted by Crippen LogP contribution is 2.43. The van der Waals surface area contributed by atoms with Crippen LogP contribution in [0.25, 0.3) is 0 Å². The van der Waals surface area contributed by atoms with Gasteiger partial charge in [0.1, 0.15) is 11.4 Å². The lowest BCUT2D eigenvalue weighted by Crippen LogP contribution is -2.52. The number of benzene rings is 2. The number of hydrogen-bond donors (Lipinski definition) is 0. The van der Waals surface area contributed by atoms with Crippen LogP contribution in [0, 0.1) is 13.8 Å². The maximum Gasteiger partial charge on any atom is 0.261 e. The Kier molecular flexibility index (Phi) is 5.47. The van der Waals surface area contributed by atoms with Crippen LogP contribution in [0.15, 0.2) is 30.3 Å². The number of halogens is 1. The number of likely N-dealkylation sites (tertiary alicyclic amines) is 1. The molecular weight excluding hydrogens is 456 g/mol. The molecule has 0 radical (unpaired) electrons. The summed E-state index contributed by atoms with van der Waals surface area (Å²) in [6.45, 7) is 4.68. The van der Waals surface area contributed by atoms with Gasteiger partial charge < -0.3 is 9.64 Å². The van der Waals surface area contributed by atoms with E-state index in [-0.39, 0.29) is 42.9 Å². The summed E-state index contributed by atoms with van der Waals surface area (Å²) in [6.07, 6.45) is 1.41. The van der Waals surface area contributed by atoms with Crippen molar-refractivity contribution in [3.05, 3.63) is 63.2 Å². The van der Waals surface area contributed by atoms with Crippen molar-refractivity contribution in [3.63, 3.8) is 0 Å². The maximum absolute atomic E-state index is 13.0. The quantitative estimate of drug-likeness (QED) is 0.621. The molecule has 0 aromatic heterocycles. The second kappa shape index (κ2) is 8.24. The lowest BCUT2D eigenvalue weighted by Gasteiger charge is -2.44. The first-order chi connectivity index (χ1) is 16.2. The number of carbonyl (C=O) groups excluding carboxylic acids is 4. The molecule has 0 aliphatic carbocycles. The molecule has 3 aliphatic heterocycles. The van der Waals surface area contributed by atoms with Crippen molar-refractivity contribution in [1.82, 2.24) is 9.80 Å². The van der Waals surface area contributed by atoms with Crippen LogP contribution in [-0.2, 0) is 4.79 Å². The molecule has 8 heteroatoms. The number of fused-ring (bicyclic) bond motifs is 2. The molecule has 1 fully saturated rings. The van der Waals surface area contributed by atoms with Crippen molar-refractivity contribution in [3.8, 4) is 5.75 Å². The Morgan fingerprint density at radius 3 is 2.29 bits per heavy atom. The van der Waals surface area contributed by atoms with Gasteiger partial charge in [0.15, 0.2) is 5.78 Å². The number of rotatable bonds is 3. The average Bonchev–Trinajstić information content (AvgIpc) is 3.06. The van der Waals surface area contributed by atoms with Gasteiger partial charge in [0.2, 0.25) is 5.91 Å². The summed E-state index contributed by atoms with van der Waals surface area (Å²) >= 11 is 6.33. The molecule has 0 saturated carbocycles. The Bertz CT molecular complexity index is 1210. The predicted molar refractivity (Wildman–Crippen MR) is 125 cm³/mol. The smallest absolute Gasteiger partial charge is 0.261 e. The summed E-state index contributed by atoms with van der Waals surface area (Å²) in [5.74, 6) is -0.242. The van der Waals surface area contributed by atoms with Crippen LogP contribution in [0.4, 0.5) is 0 Å². The molecule has 3 aliphatic rings. The van der Waals surface area contributed by atoms with Crippen molar-refractivity contribution in [1.29, 1.82) is 0 Å². The normalized spacial score (nSPS) is 18.7. The number of imide groups is 1. The number of ether oxygens (including phenoxy) is 1. The van der Waals surface area contributed by atoms with Gasteiger partial charge in [0, 0.05) is 43.9 Å². The molecule has 0 N–H and O–H groups in total. The van der Waals surface area contributed by atoms with Gasteiger partial charge in [-0.25, -0.2) is 0 Å². The summed E-state index contributed by atoms with van der Waals surface area (Å²) in [4.78, 5) is 53.7. The van der Waals surface area contributed by atoms with Crippen LogP contribution in [0.1, 0.15) is 67.9 Å². The summed E-state index contributed by atoms with van der Waals surface area (Å²) in [7, 11) is 0. The van der Waals surface area contributed by atoms with Crippen LogP contribution < -0.4 is 4.74 Å². The van der Waals surface area contributed by atoms with Crippen LogP contribution in [0.3, 0.4) is 0 Å². The molecule has 2 aromatic rings. The second-order valence-electron chi connectivity index (χ2n) is 9.33. The van der Waals surface area contributed by atoms with E-state index in [2.05, 4.69) is 0 Å². The molecule has 1 saturated heterocycles. The van der Waals surface area contributed by atoms with E-state index in [1.165, 1.54) is 0 Å². The van der Waals surface area contributed by atoms with Crippen molar-refractivity contribution in [2.45, 2.75) is 45.1 Å². The standard InChI is InChI=1S/C26H25ClN2O5/c1-15-13-20-22(16(2)23(15)27)19(30)14-26(34-20)8-11-28(12-9-26)21(31)7-10-29-24(32)17-5-3-4-6-18(17)25(29)33/h3-6,13H,7-12,14H2,1-2H3. The maximum atomic E-state index is 13.0. The summed E-state index contributed by atoms with van der Waals surface area (Å²) in [5, 5.41) is 0.588. The highest BCUT2D eigenvalue weighted by atomic mass is 35.5. The number of hydrogen-bond acceptors (Lipinski definition) is 5. The zero-order valence-electron chi connectivity index (χ0n) is 19.2. The van der Waals surface area contributed by atoms with E-state index < -0.39 is 5.60 Å². The minimum Gasteiger partial charge on any atom is -0.486 e. The van der Waals surface area contributed by atoms with Gasteiger partial charge in [-0.1, -0.05) is 23.7 Å². The molecule has 1 spiro atoms. The number of aryl methyl sites for hydroxylation is 1. The Balaban J connectivity index is 1.21. The molecule has 0 unspecified atom stereocenters. The summed E-state index contributed by atoms with van der Waals surface area (Å²) in [5.41, 5.74) is 2.30. The summed E-state index contributed by atoms with van der Waals surface area (Å²) < 4.78 is 6.37. The minimum atomic E-state index is -0.629. The first kappa shape index (κ1) is 22.6. The molecular formula is C26H25ClN2O5. The SMILES string of the molecule is Cc1cc2c(c(C)c1Cl)C(=O)CC1(CCN(C(=O)CCN3C(=O)c4ccccc4C3=O)CC1)O2. The van der Waals surface area contributed by atoms with Gasteiger partial charge in [-0.05, 0) is 43.2 Å². The van der Waals surface area contributed by atoms with Crippen molar-refractivity contribution in [2.24, 2.45) is 0 Å². The molecule has 3 amide bonds. The largest absolute Gasteiger partial charge is 0.486 e. The molecule has 0 atom stereocenters.